The molecule has 3 aliphatic rings. The molecule has 0 saturated carbocycles. The molecule has 0 aliphatic carbocycles. The summed E-state index contributed by atoms with van der Waals surface area (Å²) >= 11 is 0. The molecule has 4 heterocycles. The molecule has 0 aromatic carbocycles. The molecule has 0 radical (unpaired) electrons. The second kappa shape index (κ2) is 7.48. The molecule has 4 rings (SSSR count). The molecule has 3 aliphatic heterocycles. The maximum atomic E-state index is 13.1. The van der Waals surface area contributed by atoms with Crippen LogP contribution in [0.2, 0.25) is 0 Å². The van der Waals surface area contributed by atoms with E-state index >= 15 is 0 Å². The van der Waals surface area contributed by atoms with Crippen molar-refractivity contribution in [1.29, 1.82) is 0 Å². The Balaban J connectivity index is 1.44. The Morgan fingerprint density at radius 1 is 0.963 bits per heavy atom. The molecule has 1 spiro atoms. The number of aromatic nitrogens is 1. The third-order valence-corrected chi connectivity index (χ3v) is 8.20. The van der Waals surface area contributed by atoms with Gasteiger partial charge < -0.3 is 4.90 Å². The predicted molar refractivity (Wildman–Crippen MR) is 102 cm³/mol. The van der Waals surface area contributed by atoms with Crippen molar-refractivity contribution >= 4 is 16.1 Å². The quantitative estimate of drug-likeness (QED) is 0.781. The van der Waals surface area contributed by atoms with Gasteiger partial charge in [-0.15, -0.1) is 0 Å². The molecule has 1 amide bonds. The summed E-state index contributed by atoms with van der Waals surface area (Å²) in [5, 5.41) is 0. The van der Waals surface area contributed by atoms with Gasteiger partial charge >= 0.3 is 0 Å². The van der Waals surface area contributed by atoms with Crippen LogP contribution in [0.4, 0.5) is 0 Å². The maximum absolute atomic E-state index is 13.1. The zero-order chi connectivity index (χ0) is 18.9. The van der Waals surface area contributed by atoms with Crippen molar-refractivity contribution < 1.29 is 13.2 Å². The van der Waals surface area contributed by atoms with Crippen molar-refractivity contribution in [2.45, 2.75) is 45.1 Å². The molecule has 1 aromatic heterocycles. The van der Waals surface area contributed by atoms with Crippen molar-refractivity contribution in [2.24, 2.45) is 5.41 Å². The highest BCUT2D eigenvalue weighted by Crippen LogP contribution is 2.42. The number of hydrogen-bond acceptors (Lipinski definition) is 4. The average Bonchev–Trinajstić information content (AvgIpc) is 3.10. The Bertz CT molecular complexity index is 777. The van der Waals surface area contributed by atoms with Crippen LogP contribution in [-0.2, 0) is 21.5 Å². The van der Waals surface area contributed by atoms with Gasteiger partial charge in [-0.25, -0.2) is 0 Å². The van der Waals surface area contributed by atoms with E-state index in [1.807, 2.05) is 23.1 Å². The Morgan fingerprint density at radius 2 is 1.70 bits per heavy atom. The molecule has 27 heavy (non-hydrogen) atoms. The van der Waals surface area contributed by atoms with Crippen molar-refractivity contribution in [1.82, 2.24) is 18.5 Å². The normalized spacial score (nSPS) is 28.1. The van der Waals surface area contributed by atoms with E-state index in [1.54, 1.807) is 14.8 Å². The van der Waals surface area contributed by atoms with Gasteiger partial charge in [-0.1, -0.05) is 18.9 Å². The second-order valence-corrected chi connectivity index (χ2v) is 9.91. The van der Waals surface area contributed by atoms with Crippen LogP contribution in [0.1, 0.15) is 44.2 Å². The fraction of sp³-hybridized carbons (Fsp3) is 0.684. The molecule has 3 saturated heterocycles. The number of amides is 1. The molecule has 1 aromatic rings. The zero-order valence-corrected chi connectivity index (χ0v) is 16.5. The molecular formula is C19H28N4O3S. The first kappa shape index (κ1) is 18.8. The third kappa shape index (κ3) is 3.62. The van der Waals surface area contributed by atoms with Gasteiger partial charge in [0.1, 0.15) is 0 Å². The summed E-state index contributed by atoms with van der Waals surface area (Å²) in [6, 6.07) is 5.70. The fourth-order valence-corrected chi connectivity index (χ4v) is 6.36. The summed E-state index contributed by atoms with van der Waals surface area (Å²) in [5.41, 5.74) is 0.322. The van der Waals surface area contributed by atoms with E-state index in [0.717, 1.165) is 37.8 Å². The molecule has 0 N–H and O–H groups in total. The van der Waals surface area contributed by atoms with E-state index in [1.165, 1.54) is 0 Å². The lowest BCUT2D eigenvalue weighted by atomic mass is 9.86. The maximum Gasteiger partial charge on any atom is 0.282 e. The number of nitrogens with zero attached hydrogens (tertiary/aromatic N) is 4. The minimum atomic E-state index is -3.46. The first-order valence-electron chi connectivity index (χ1n) is 9.96. The lowest BCUT2D eigenvalue weighted by Crippen LogP contribution is -2.45. The van der Waals surface area contributed by atoms with E-state index in [2.05, 4.69) is 4.98 Å². The van der Waals surface area contributed by atoms with E-state index in [0.29, 0.717) is 45.7 Å². The smallest absolute Gasteiger partial charge is 0.282 e. The summed E-state index contributed by atoms with van der Waals surface area (Å²) in [7, 11) is -3.46. The van der Waals surface area contributed by atoms with Gasteiger partial charge in [-0.3, -0.25) is 9.78 Å². The van der Waals surface area contributed by atoms with E-state index in [-0.39, 0.29) is 5.91 Å². The highest BCUT2D eigenvalue weighted by molar-refractivity contribution is 7.86. The Morgan fingerprint density at radius 3 is 2.41 bits per heavy atom. The number of hydrogen-bond donors (Lipinski definition) is 0. The van der Waals surface area contributed by atoms with Gasteiger partial charge in [0.2, 0.25) is 5.91 Å². The van der Waals surface area contributed by atoms with Gasteiger partial charge in [0.15, 0.2) is 0 Å². The Kier molecular flexibility index (Phi) is 5.22. The molecule has 3 fully saturated rings. The third-order valence-electron chi connectivity index (χ3n) is 6.22. The predicted octanol–water partition coefficient (Wildman–Crippen LogP) is 1.63. The van der Waals surface area contributed by atoms with Gasteiger partial charge in [-0.2, -0.15) is 17.0 Å². The molecule has 0 bridgehead atoms. The van der Waals surface area contributed by atoms with Crippen molar-refractivity contribution in [2.75, 3.05) is 32.7 Å². The van der Waals surface area contributed by atoms with Crippen LogP contribution >= 0.6 is 0 Å². The van der Waals surface area contributed by atoms with E-state index < -0.39 is 15.6 Å². The zero-order valence-electron chi connectivity index (χ0n) is 15.7. The molecule has 1 atom stereocenters. The lowest BCUT2D eigenvalue weighted by Gasteiger charge is -2.28. The Labute approximate surface area is 161 Å². The number of likely N-dealkylation sites (tertiary alicyclic amines) is 1. The van der Waals surface area contributed by atoms with Gasteiger partial charge in [-0.05, 0) is 37.8 Å². The first-order valence-corrected chi connectivity index (χ1v) is 11.4. The van der Waals surface area contributed by atoms with Crippen LogP contribution < -0.4 is 0 Å². The fourth-order valence-electron chi connectivity index (χ4n) is 4.58. The molecule has 7 nitrogen and oxygen atoms in total. The van der Waals surface area contributed by atoms with Crippen LogP contribution in [0, 0.1) is 5.41 Å². The van der Waals surface area contributed by atoms with Gasteiger partial charge in [0.25, 0.3) is 10.2 Å². The van der Waals surface area contributed by atoms with Crippen LogP contribution in [-0.4, -0.2) is 65.5 Å². The molecule has 1 unspecified atom stereocenters. The average molecular weight is 393 g/mol. The van der Waals surface area contributed by atoms with Gasteiger partial charge in [0.05, 0.1) is 17.7 Å². The molecule has 8 heteroatoms. The van der Waals surface area contributed by atoms with Crippen molar-refractivity contribution in [3.63, 3.8) is 0 Å². The minimum Gasteiger partial charge on any atom is -0.336 e. The highest BCUT2D eigenvalue weighted by atomic mass is 32.2. The molecule has 148 valence electrons. The summed E-state index contributed by atoms with van der Waals surface area (Å²) in [6.45, 7) is 3.15. The Hall–Kier alpha value is -1.51. The summed E-state index contributed by atoms with van der Waals surface area (Å²) < 4.78 is 29.3. The van der Waals surface area contributed by atoms with E-state index in [9.17, 15) is 13.2 Å². The SMILES string of the molecule is O=C1N(Cc2ccccn2)CCC12CCN(S(=O)(=O)N1CCCCCC1)C2. The van der Waals surface area contributed by atoms with Crippen LogP contribution in [0.5, 0.6) is 0 Å². The number of carbonyl (C=O) groups excluding carboxylic acids is 1. The van der Waals surface area contributed by atoms with Gasteiger partial charge in [0, 0.05) is 38.9 Å². The van der Waals surface area contributed by atoms with Crippen LogP contribution in [0.3, 0.4) is 0 Å². The largest absolute Gasteiger partial charge is 0.336 e. The van der Waals surface area contributed by atoms with Crippen LogP contribution in [0.15, 0.2) is 24.4 Å². The van der Waals surface area contributed by atoms with Crippen LogP contribution in [0.25, 0.3) is 0 Å². The number of rotatable bonds is 4. The monoisotopic (exact) mass is 392 g/mol. The highest BCUT2D eigenvalue weighted by Gasteiger charge is 2.53. The first-order chi connectivity index (χ1) is 13.0. The van der Waals surface area contributed by atoms with Crippen molar-refractivity contribution in [3.8, 4) is 0 Å². The molecular weight excluding hydrogens is 364 g/mol. The number of pyridine rings is 1. The lowest BCUT2D eigenvalue weighted by molar-refractivity contribution is -0.135. The summed E-state index contributed by atoms with van der Waals surface area (Å²) in [4.78, 5) is 19.2. The number of carbonyl (C=O) groups is 1. The van der Waals surface area contributed by atoms with E-state index in [4.69, 9.17) is 0 Å². The minimum absolute atomic E-state index is 0.0849. The van der Waals surface area contributed by atoms with Crippen molar-refractivity contribution in [3.05, 3.63) is 30.1 Å². The second-order valence-electron chi connectivity index (χ2n) is 7.98. The topological polar surface area (TPSA) is 73.8 Å². The standard InChI is InChI=1S/C19H28N4O3S/c24-18-19(8-13-21(18)15-17-7-3-4-10-20-17)9-14-23(16-19)27(25,26)22-11-5-1-2-6-12-22/h3-4,7,10H,1-2,5-6,8-9,11-16H2. The summed E-state index contributed by atoms with van der Waals surface area (Å²) in [5.74, 6) is 0.0849. The summed E-state index contributed by atoms with van der Waals surface area (Å²) in [6.07, 6.45) is 7.12.